The van der Waals surface area contributed by atoms with Gasteiger partial charge in [0.05, 0.1) is 52.4 Å². The first kappa shape index (κ1) is 85.0. The molecule has 0 saturated carbocycles. The van der Waals surface area contributed by atoms with Gasteiger partial charge in [-0.15, -0.1) is 0 Å². The van der Waals surface area contributed by atoms with Crippen molar-refractivity contribution >= 4 is 10.4 Å². The van der Waals surface area contributed by atoms with E-state index in [4.69, 9.17) is 17.5 Å². The van der Waals surface area contributed by atoms with Crippen LogP contribution in [0.25, 0.3) is 0 Å². The molecular weight excluding hydrogens is 1010 g/mol. The van der Waals surface area contributed by atoms with Crippen LogP contribution in [0.3, 0.4) is 0 Å². The summed E-state index contributed by atoms with van der Waals surface area (Å²) in [6.45, 7) is 30.3. The second-order valence-corrected chi connectivity index (χ2v) is 27.3. The fraction of sp³-hybridized carbons (Fsp3) is 1.00. The van der Waals surface area contributed by atoms with Crippen molar-refractivity contribution in [2.45, 2.75) is 428 Å². The van der Waals surface area contributed by atoms with E-state index in [2.05, 4.69) is 55.4 Å². The van der Waals surface area contributed by atoms with E-state index < -0.39 is 10.4 Å². The van der Waals surface area contributed by atoms with Gasteiger partial charge in [-0.25, -0.2) is 0 Å². The van der Waals surface area contributed by atoms with Crippen LogP contribution in [0.5, 0.6) is 0 Å². The van der Waals surface area contributed by atoms with Gasteiger partial charge in [0, 0.05) is 10.4 Å². The minimum absolute atomic E-state index is 1.35. The molecule has 0 bridgehead atoms. The van der Waals surface area contributed by atoms with Crippen molar-refractivity contribution in [2.24, 2.45) is 0 Å². The molecular formula is C74H156N2O4S. The minimum atomic E-state index is -5.17. The van der Waals surface area contributed by atoms with E-state index in [1.54, 1.807) is 0 Å². The summed E-state index contributed by atoms with van der Waals surface area (Å²) in [5, 5.41) is 0. The lowest BCUT2D eigenvalue weighted by Gasteiger charge is -2.38. The van der Waals surface area contributed by atoms with Gasteiger partial charge in [0.1, 0.15) is 0 Å². The Hall–Kier alpha value is -0.210. The normalized spacial score (nSPS) is 12.0. The van der Waals surface area contributed by atoms with Gasteiger partial charge in [-0.3, -0.25) is 8.42 Å². The molecule has 0 saturated heterocycles. The molecule has 0 rings (SSSR count). The van der Waals surface area contributed by atoms with Crippen LogP contribution in [0.4, 0.5) is 0 Å². The van der Waals surface area contributed by atoms with Crippen molar-refractivity contribution in [1.29, 1.82) is 0 Å². The number of nitrogens with zero attached hydrogens (tertiary/aromatic N) is 2. The SMILES string of the molecule is CCCCCCCCCCCCCCCC[N+](CC)(CCC)CCCCCCCCCCCCCCCC.CCCCCCCCCCCCCCCC[N+](CC)(CCC)CCCCCCCCCCCCCCCC.O=S(=O)([O-])[O-]. The summed E-state index contributed by atoms with van der Waals surface area (Å²) < 4.78 is 36.9. The van der Waals surface area contributed by atoms with Crippen molar-refractivity contribution in [3.63, 3.8) is 0 Å². The molecule has 0 aliphatic carbocycles. The summed E-state index contributed by atoms with van der Waals surface area (Å²) in [6, 6.07) is 0. The third kappa shape index (κ3) is 72.2. The first-order chi connectivity index (χ1) is 39.5. The van der Waals surface area contributed by atoms with E-state index in [0.29, 0.717) is 0 Å². The molecule has 81 heavy (non-hydrogen) atoms. The Morgan fingerprint density at radius 1 is 0.185 bits per heavy atom. The standard InChI is InChI=1S/2C37H78N.H2O4S/c2*1-5-9-11-13-15-17-19-21-23-25-27-29-31-33-36-38(8-4,35-7-3)37-34-32-30-28-26-24-22-20-18-16-14-12-10-6-2;1-5(2,3)4/h2*5-37H2,1-4H3;(H2,1,2,3,4)/q2*+1;/p-2. The van der Waals surface area contributed by atoms with E-state index in [1.807, 2.05) is 0 Å². The minimum Gasteiger partial charge on any atom is -0.759 e. The first-order valence-corrected chi connectivity index (χ1v) is 39.2. The van der Waals surface area contributed by atoms with E-state index >= 15 is 0 Å². The smallest absolute Gasteiger partial charge is 0.0786 e. The Kier molecular flexibility index (Phi) is 74.0. The average Bonchev–Trinajstić information content (AvgIpc) is 3.45. The molecule has 0 aromatic carbocycles. The Morgan fingerprint density at radius 3 is 0.395 bits per heavy atom. The van der Waals surface area contributed by atoms with Gasteiger partial charge >= 0.3 is 0 Å². The maximum absolute atomic E-state index is 8.52. The predicted molar refractivity (Wildman–Crippen MR) is 363 cm³/mol. The third-order valence-electron chi connectivity index (χ3n) is 18.7. The van der Waals surface area contributed by atoms with Crippen LogP contribution in [-0.2, 0) is 10.4 Å². The van der Waals surface area contributed by atoms with Crippen LogP contribution in [0.1, 0.15) is 428 Å². The summed E-state index contributed by atoms with van der Waals surface area (Å²) in [5.41, 5.74) is 0. The lowest BCUT2D eigenvalue weighted by molar-refractivity contribution is -0.927. The highest BCUT2D eigenvalue weighted by Crippen LogP contribution is 2.21. The summed E-state index contributed by atoms with van der Waals surface area (Å²) in [4.78, 5) is 0. The van der Waals surface area contributed by atoms with Crippen LogP contribution in [0.2, 0.25) is 0 Å². The quantitative estimate of drug-likeness (QED) is 0.0263. The zero-order valence-corrected chi connectivity index (χ0v) is 58.4. The van der Waals surface area contributed by atoms with Gasteiger partial charge in [-0.05, 0) is 78.1 Å². The fourth-order valence-electron chi connectivity index (χ4n) is 13.1. The van der Waals surface area contributed by atoms with Crippen LogP contribution in [-0.4, -0.2) is 78.8 Å². The molecule has 0 amide bonds. The second-order valence-electron chi connectivity index (χ2n) is 26.5. The summed E-state index contributed by atoms with van der Waals surface area (Å²) in [7, 11) is -5.17. The largest absolute Gasteiger partial charge is 0.759 e. The van der Waals surface area contributed by atoms with Gasteiger partial charge in [0.25, 0.3) is 0 Å². The lowest BCUT2D eigenvalue weighted by Crippen LogP contribution is -2.49. The molecule has 0 unspecified atom stereocenters. The summed E-state index contributed by atoms with van der Waals surface area (Å²) in [6.07, 6.45) is 84.9. The number of rotatable bonds is 66. The zero-order valence-electron chi connectivity index (χ0n) is 57.6. The molecule has 0 aliphatic heterocycles. The summed E-state index contributed by atoms with van der Waals surface area (Å²) in [5.74, 6) is 0. The molecule has 0 atom stereocenters. The Morgan fingerprint density at radius 2 is 0.296 bits per heavy atom. The third-order valence-corrected chi connectivity index (χ3v) is 18.7. The molecule has 0 radical (unpaired) electrons. The number of unbranched alkanes of at least 4 members (excludes halogenated alkanes) is 52. The van der Waals surface area contributed by atoms with Crippen molar-refractivity contribution in [3.05, 3.63) is 0 Å². The number of hydrogen-bond acceptors (Lipinski definition) is 4. The van der Waals surface area contributed by atoms with Crippen LogP contribution >= 0.6 is 0 Å². The predicted octanol–water partition coefficient (Wildman–Crippen LogP) is 25.1. The van der Waals surface area contributed by atoms with E-state index in [0.717, 1.165) is 0 Å². The Bertz CT molecular complexity index is 1080. The first-order valence-electron chi connectivity index (χ1n) is 37.9. The van der Waals surface area contributed by atoms with E-state index in [9.17, 15) is 0 Å². The maximum atomic E-state index is 8.52. The number of hydrogen-bond donors (Lipinski definition) is 0. The fourth-order valence-corrected chi connectivity index (χ4v) is 13.1. The van der Waals surface area contributed by atoms with Crippen LogP contribution in [0, 0.1) is 0 Å². The van der Waals surface area contributed by atoms with Gasteiger partial charge in [0.15, 0.2) is 0 Å². The monoisotopic (exact) mass is 1170 g/mol. The highest BCUT2D eigenvalue weighted by Gasteiger charge is 2.24. The van der Waals surface area contributed by atoms with Crippen LogP contribution < -0.4 is 0 Å². The molecule has 0 N–H and O–H groups in total. The summed E-state index contributed by atoms with van der Waals surface area (Å²) >= 11 is 0. The molecule has 492 valence electrons. The van der Waals surface area contributed by atoms with Crippen molar-refractivity contribution in [1.82, 2.24) is 0 Å². The van der Waals surface area contributed by atoms with E-state index in [1.165, 1.54) is 434 Å². The highest BCUT2D eigenvalue weighted by molar-refractivity contribution is 7.79. The molecule has 0 fully saturated rings. The molecule has 0 aromatic heterocycles. The molecule has 0 aliphatic rings. The van der Waals surface area contributed by atoms with Gasteiger partial charge < -0.3 is 18.1 Å². The van der Waals surface area contributed by atoms with Gasteiger partial charge in [0.2, 0.25) is 0 Å². The molecule has 0 aromatic rings. The zero-order chi connectivity index (χ0) is 60.2. The molecule has 0 heterocycles. The second kappa shape index (κ2) is 70.6. The Labute approximate surface area is 514 Å². The van der Waals surface area contributed by atoms with Crippen LogP contribution in [0.15, 0.2) is 0 Å². The molecule has 6 nitrogen and oxygen atoms in total. The Balaban J connectivity index is -0.00000138. The van der Waals surface area contributed by atoms with Gasteiger partial charge in [-0.1, -0.05) is 350 Å². The average molecular weight is 1170 g/mol. The number of quaternary nitrogens is 2. The molecule has 0 spiro atoms. The van der Waals surface area contributed by atoms with E-state index in [-0.39, 0.29) is 0 Å². The van der Waals surface area contributed by atoms with Crippen molar-refractivity contribution in [2.75, 3.05) is 52.4 Å². The lowest BCUT2D eigenvalue weighted by atomic mass is 10.0. The molecule has 7 heteroatoms. The highest BCUT2D eigenvalue weighted by atomic mass is 32.3. The topological polar surface area (TPSA) is 80.3 Å². The van der Waals surface area contributed by atoms with Gasteiger partial charge in [-0.2, -0.15) is 0 Å². The van der Waals surface area contributed by atoms with Crippen molar-refractivity contribution < 1.29 is 26.5 Å². The maximum Gasteiger partial charge on any atom is 0.0786 e. The van der Waals surface area contributed by atoms with Crippen molar-refractivity contribution in [3.8, 4) is 0 Å².